The van der Waals surface area contributed by atoms with Crippen LogP contribution in [0.4, 0.5) is 11.6 Å². The zero-order chi connectivity index (χ0) is 13.7. The van der Waals surface area contributed by atoms with E-state index in [4.69, 9.17) is 0 Å². The van der Waals surface area contributed by atoms with E-state index in [9.17, 15) is 0 Å². The largest absolute Gasteiger partial charge is 0.373 e. The fraction of sp³-hybridized carbons (Fsp3) is 0.714. The highest BCUT2D eigenvalue weighted by molar-refractivity contribution is 5.49. The molecule has 0 bridgehead atoms. The first-order valence-corrected chi connectivity index (χ1v) is 6.79. The van der Waals surface area contributed by atoms with E-state index in [0.29, 0.717) is 11.8 Å². The summed E-state index contributed by atoms with van der Waals surface area (Å²) in [6, 6.07) is 2.03. The van der Waals surface area contributed by atoms with Crippen LogP contribution in [0.25, 0.3) is 0 Å². The fourth-order valence-corrected chi connectivity index (χ4v) is 1.83. The van der Waals surface area contributed by atoms with Gasteiger partial charge in [-0.3, -0.25) is 0 Å². The Hall–Kier alpha value is -1.32. The van der Waals surface area contributed by atoms with E-state index >= 15 is 0 Å². The topological polar surface area (TPSA) is 41.0 Å². The molecule has 0 aliphatic rings. The third kappa shape index (κ3) is 3.86. The lowest BCUT2D eigenvalue weighted by molar-refractivity contribution is 0.611. The Bertz CT molecular complexity index is 374. The van der Waals surface area contributed by atoms with E-state index in [-0.39, 0.29) is 0 Å². The second-order valence-corrected chi connectivity index (χ2v) is 5.31. The van der Waals surface area contributed by atoms with Crippen molar-refractivity contribution in [2.45, 2.75) is 40.5 Å². The smallest absolute Gasteiger partial charge is 0.135 e. The maximum atomic E-state index is 4.68. The maximum Gasteiger partial charge on any atom is 0.135 e. The third-order valence-corrected chi connectivity index (χ3v) is 2.79. The van der Waals surface area contributed by atoms with Gasteiger partial charge in [-0.05, 0) is 12.8 Å². The Labute approximate surface area is 111 Å². The normalized spacial score (nSPS) is 11.1. The predicted octanol–water partition coefficient (Wildman–Crippen LogP) is 3.12. The van der Waals surface area contributed by atoms with Gasteiger partial charge in [-0.2, -0.15) is 0 Å². The number of rotatable bonds is 6. The lowest BCUT2D eigenvalue weighted by atomic mass is 10.2. The van der Waals surface area contributed by atoms with E-state index < -0.39 is 0 Å². The number of anilines is 2. The van der Waals surface area contributed by atoms with Crippen LogP contribution in [0.5, 0.6) is 0 Å². The van der Waals surface area contributed by atoms with Gasteiger partial charge < -0.3 is 10.2 Å². The van der Waals surface area contributed by atoms with Gasteiger partial charge >= 0.3 is 0 Å². The van der Waals surface area contributed by atoms with Crippen molar-refractivity contribution in [1.29, 1.82) is 0 Å². The van der Waals surface area contributed by atoms with E-state index in [1.165, 1.54) is 0 Å². The highest BCUT2D eigenvalue weighted by Crippen LogP contribution is 2.20. The molecule has 0 spiro atoms. The Morgan fingerprint density at radius 3 is 2.33 bits per heavy atom. The first-order chi connectivity index (χ1) is 8.47. The van der Waals surface area contributed by atoms with Crippen molar-refractivity contribution in [1.82, 2.24) is 9.97 Å². The molecular formula is C14H26N4. The molecule has 0 aliphatic carbocycles. The van der Waals surface area contributed by atoms with Crippen molar-refractivity contribution >= 4 is 11.6 Å². The van der Waals surface area contributed by atoms with Crippen molar-refractivity contribution in [3.63, 3.8) is 0 Å². The van der Waals surface area contributed by atoms with Gasteiger partial charge in [-0.1, -0.05) is 27.7 Å². The summed E-state index contributed by atoms with van der Waals surface area (Å²) in [5.41, 5.74) is 0. The number of nitrogens with one attached hydrogen (secondary N) is 1. The third-order valence-electron chi connectivity index (χ3n) is 2.79. The van der Waals surface area contributed by atoms with E-state index in [1.807, 2.05) is 13.1 Å². The van der Waals surface area contributed by atoms with Crippen molar-refractivity contribution < 1.29 is 0 Å². The van der Waals surface area contributed by atoms with Crippen molar-refractivity contribution in [3.05, 3.63) is 11.9 Å². The quantitative estimate of drug-likeness (QED) is 0.842. The molecule has 1 aromatic rings. The molecule has 0 unspecified atom stereocenters. The fourth-order valence-electron chi connectivity index (χ4n) is 1.83. The molecule has 0 atom stereocenters. The van der Waals surface area contributed by atoms with Crippen LogP contribution in [0.1, 0.15) is 46.4 Å². The van der Waals surface area contributed by atoms with Crippen LogP contribution < -0.4 is 10.2 Å². The maximum absolute atomic E-state index is 4.68. The van der Waals surface area contributed by atoms with Crippen LogP contribution >= 0.6 is 0 Å². The van der Waals surface area contributed by atoms with E-state index in [0.717, 1.165) is 30.5 Å². The van der Waals surface area contributed by atoms with Crippen LogP contribution in [0.3, 0.4) is 0 Å². The van der Waals surface area contributed by atoms with Gasteiger partial charge in [-0.25, -0.2) is 9.97 Å². The van der Waals surface area contributed by atoms with Crippen LogP contribution in [-0.2, 0) is 0 Å². The number of aromatic nitrogens is 2. The Kier molecular flexibility index (Phi) is 5.38. The lowest BCUT2D eigenvalue weighted by Crippen LogP contribution is -2.28. The summed E-state index contributed by atoms with van der Waals surface area (Å²) in [6.45, 7) is 12.9. The summed E-state index contributed by atoms with van der Waals surface area (Å²) in [5, 5.41) is 3.12. The van der Waals surface area contributed by atoms with Crippen LogP contribution in [-0.4, -0.2) is 30.1 Å². The number of nitrogens with zero attached hydrogens (tertiary/aromatic N) is 3. The molecule has 1 heterocycles. The van der Waals surface area contributed by atoms with Gasteiger partial charge in [0.15, 0.2) is 0 Å². The van der Waals surface area contributed by atoms with E-state index in [2.05, 4.69) is 54.8 Å². The molecule has 0 aliphatic heterocycles. The second-order valence-electron chi connectivity index (χ2n) is 5.31. The average Bonchev–Trinajstić information content (AvgIpc) is 2.34. The van der Waals surface area contributed by atoms with Gasteiger partial charge in [0, 0.05) is 32.1 Å². The number of hydrogen-bond donors (Lipinski definition) is 1. The minimum atomic E-state index is 0.342. The molecule has 1 N–H and O–H groups in total. The van der Waals surface area contributed by atoms with Gasteiger partial charge in [0.05, 0.1) is 0 Å². The van der Waals surface area contributed by atoms with Crippen molar-refractivity contribution in [2.75, 3.05) is 30.4 Å². The summed E-state index contributed by atoms with van der Waals surface area (Å²) < 4.78 is 0. The Morgan fingerprint density at radius 1 is 1.22 bits per heavy atom. The molecule has 1 rings (SSSR count). The van der Waals surface area contributed by atoms with E-state index in [1.54, 1.807) is 0 Å². The Balaban J connectivity index is 3.08. The molecular weight excluding hydrogens is 224 g/mol. The molecule has 0 saturated heterocycles. The molecule has 0 radical (unpaired) electrons. The second kappa shape index (κ2) is 6.57. The summed E-state index contributed by atoms with van der Waals surface area (Å²) in [4.78, 5) is 11.5. The Morgan fingerprint density at radius 2 is 1.89 bits per heavy atom. The van der Waals surface area contributed by atoms with Gasteiger partial charge in [0.1, 0.15) is 17.5 Å². The molecule has 0 aromatic carbocycles. The minimum Gasteiger partial charge on any atom is -0.373 e. The van der Waals surface area contributed by atoms with Gasteiger partial charge in [0.2, 0.25) is 0 Å². The predicted molar refractivity (Wildman–Crippen MR) is 78.4 cm³/mol. The zero-order valence-corrected chi connectivity index (χ0v) is 12.5. The first-order valence-electron chi connectivity index (χ1n) is 6.79. The number of hydrogen-bond acceptors (Lipinski definition) is 4. The standard InChI is InChI=1S/C14H26N4/c1-7-18(9-10(2)3)13-8-12(15-6)16-14(17-13)11(4)5/h8,10-11H,7,9H2,1-6H3,(H,15,16,17). The van der Waals surface area contributed by atoms with Crippen molar-refractivity contribution in [2.24, 2.45) is 5.92 Å². The molecule has 0 saturated carbocycles. The highest BCUT2D eigenvalue weighted by atomic mass is 15.2. The first kappa shape index (κ1) is 14.7. The molecule has 4 heteroatoms. The zero-order valence-electron chi connectivity index (χ0n) is 12.5. The highest BCUT2D eigenvalue weighted by Gasteiger charge is 2.13. The molecule has 4 nitrogen and oxygen atoms in total. The van der Waals surface area contributed by atoms with Gasteiger partial charge in [0.25, 0.3) is 0 Å². The van der Waals surface area contributed by atoms with Gasteiger partial charge in [-0.15, -0.1) is 0 Å². The minimum absolute atomic E-state index is 0.342. The summed E-state index contributed by atoms with van der Waals surface area (Å²) in [7, 11) is 1.90. The SMILES string of the molecule is CCN(CC(C)C)c1cc(NC)nc(C(C)C)n1. The summed E-state index contributed by atoms with van der Waals surface area (Å²) >= 11 is 0. The summed E-state index contributed by atoms with van der Waals surface area (Å²) in [6.07, 6.45) is 0. The molecule has 1 aromatic heterocycles. The monoisotopic (exact) mass is 250 g/mol. The average molecular weight is 250 g/mol. The van der Waals surface area contributed by atoms with Crippen LogP contribution in [0, 0.1) is 5.92 Å². The molecule has 102 valence electrons. The van der Waals surface area contributed by atoms with Crippen molar-refractivity contribution in [3.8, 4) is 0 Å². The van der Waals surface area contributed by atoms with Crippen LogP contribution in [0.15, 0.2) is 6.07 Å². The summed E-state index contributed by atoms with van der Waals surface area (Å²) in [5.74, 6) is 3.79. The molecule has 0 amide bonds. The lowest BCUT2D eigenvalue weighted by Gasteiger charge is -2.25. The molecule has 18 heavy (non-hydrogen) atoms. The van der Waals surface area contributed by atoms with Crippen LogP contribution in [0.2, 0.25) is 0 Å². The molecule has 0 fully saturated rings.